The Balaban J connectivity index is 3.45. The molecule has 0 amide bonds. The van der Waals surface area contributed by atoms with Gasteiger partial charge in [-0.05, 0) is 19.9 Å². The molecule has 0 aromatic heterocycles. The fourth-order valence-electron chi connectivity index (χ4n) is 1.44. The minimum absolute atomic E-state index is 0.123. The van der Waals surface area contributed by atoms with E-state index in [0.717, 1.165) is 13.0 Å². The maximum atomic E-state index is 12.7. The molecule has 1 aromatic rings. The van der Waals surface area contributed by atoms with Gasteiger partial charge in [0.1, 0.15) is 11.5 Å². The number of alkyl halides is 3. The highest BCUT2D eigenvalue weighted by Gasteiger charge is 2.36. The van der Waals surface area contributed by atoms with Gasteiger partial charge >= 0.3 is 6.18 Å². The van der Waals surface area contributed by atoms with E-state index in [1.807, 2.05) is 0 Å². The van der Waals surface area contributed by atoms with Crippen LogP contribution in [0.15, 0.2) is 12.1 Å². The summed E-state index contributed by atoms with van der Waals surface area (Å²) in [6, 6.07) is 1.70. The highest BCUT2D eigenvalue weighted by molar-refractivity contribution is 5.98. The van der Waals surface area contributed by atoms with Crippen molar-refractivity contribution in [1.29, 1.82) is 0 Å². The van der Waals surface area contributed by atoms with E-state index in [-0.39, 0.29) is 12.4 Å². The van der Waals surface area contributed by atoms with E-state index in [2.05, 4.69) is 0 Å². The van der Waals surface area contributed by atoms with Gasteiger partial charge < -0.3 is 9.84 Å². The fourth-order valence-corrected chi connectivity index (χ4v) is 1.44. The lowest BCUT2D eigenvalue weighted by atomic mass is 10.0. The van der Waals surface area contributed by atoms with Gasteiger partial charge in [0, 0.05) is 6.07 Å². The summed E-state index contributed by atoms with van der Waals surface area (Å²) in [5, 5.41) is 9.43. The van der Waals surface area contributed by atoms with Crippen LogP contribution in [0.5, 0.6) is 11.5 Å². The van der Waals surface area contributed by atoms with Gasteiger partial charge in [0.2, 0.25) is 0 Å². The molecule has 0 aliphatic carbocycles. The van der Waals surface area contributed by atoms with Gasteiger partial charge in [-0.2, -0.15) is 13.2 Å². The minimum atomic E-state index is -4.72. The van der Waals surface area contributed by atoms with Crippen LogP contribution in [-0.2, 0) is 6.18 Å². The third kappa shape index (κ3) is 2.89. The van der Waals surface area contributed by atoms with Gasteiger partial charge in [0.05, 0.1) is 17.7 Å². The predicted octanol–water partition coefficient (Wildman–Crippen LogP) is 3.01. The van der Waals surface area contributed by atoms with Crippen LogP contribution in [0.4, 0.5) is 13.2 Å². The predicted molar refractivity (Wildman–Crippen MR) is 54.3 cm³/mol. The van der Waals surface area contributed by atoms with Gasteiger partial charge in [0.25, 0.3) is 0 Å². The normalized spacial score (nSPS) is 11.4. The Bertz CT molecular complexity index is 438. The number of phenolic OH excluding ortho intramolecular Hbond substituents is 1. The van der Waals surface area contributed by atoms with Crippen molar-refractivity contribution in [2.24, 2.45) is 0 Å². The van der Waals surface area contributed by atoms with Crippen LogP contribution in [0.1, 0.15) is 29.8 Å². The first-order valence-corrected chi connectivity index (χ1v) is 4.85. The van der Waals surface area contributed by atoms with Crippen molar-refractivity contribution in [2.75, 3.05) is 6.61 Å². The number of ether oxygens (including phenoxy) is 1. The van der Waals surface area contributed by atoms with E-state index in [4.69, 9.17) is 4.74 Å². The maximum absolute atomic E-state index is 12.7. The molecule has 94 valence electrons. The second-order valence-corrected chi connectivity index (χ2v) is 3.35. The molecule has 0 radical (unpaired) electrons. The standard InChI is InChI=1S/C11H11F3O3/c1-3-17-7-4-8(11(12,13)14)10(6(2)15)9(16)5-7/h4-5,16H,3H2,1-2H3. The smallest absolute Gasteiger partial charge is 0.417 e. The first-order chi connectivity index (χ1) is 7.77. The summed E-state index contributed by atoms with van der Waals surface area (Å²) in [6.45, 7) is 2.73. The van der Waals surface area contributed by atoms with Gasteiger partial charge in [-0.15, -0.1) is 0 Å². The largest absolute Gasteiger partial charge is 0.507 e. The van der Waals surface area contributed by atoms with E-state index in [1.54, 1.807) is 6.92 Å². The van der Waals surface area contributed by atoms with Crippen LogP contribution >= 0.6 is 0 Å². The number of hydrogen-bond acceptors (Lipinski definition) is 3. The average Bonchev–Trinajstić information content (AvgIpc) is 2.15. The molecule has 0 heterocycles. The summed E-state index contributed by atoms with van der Waals surface area (Å²) in [7, 11) is 0. The molecule has 17 heavy (non-hydrogen) atoms. The molecule has 0 saturated heterocycles. The number of halogens is 3. The highest BCUT2D eigenvalue weighted by Crippen LogP contribution is 2.38. The van der Waals surface area contributed by atoms with E-state index in [1.165, 1.54) is 0 Å². The van der Waals surface area contributed by atoms with Gasteiger partial charge in [0.15, 0.2) is 5.78 Å². The lowest BCUT2D eigenvalue weighted by molar-refractivity contribution is -0.138. The molecule has 0 atom stereocenters. The number of Topliss-reactive ketones (excluding diaryl/α,β-unsaturated/α-hetero) is 1. The van der Waals surface area contributed by atoms with E-state index in [0.29, 0.717) is 6.07 Å². The molecule has 0 aliphatic rings. The molecule has 1 N–H and O–H groups in total. The lowest BCUT2D eigenvalue weighted by Gasteiger charge is -2.14. The van der Waals surface area contributed by atoms with Crippen molar-refractivity contribution in [2.45, 2.75) is 20.0 Å². The summed E-state index contributed by atoms with van der Waals surface area (Å²) in [5.41, 5.74) is -1.92. The Morgan fingerprint density at radius 3 is 2.41 bits per heavy atom. The van der Waals surface area contributed by atoms with Crippen molar-refractivity contribution in [3.8, 4) is 11.5 Å². The number of carbonyl (C=O) groups is 1. The molecule has 3 nitrogen and oxygen atoms in total. The quantitative estimate of drug-likeness (QED) is 0.836. The van der Waals surface area contributed by atoms with E-state index in [9.17, 15) is 23.1 Å². The zero-order chi connectivity index (χ0) is 13.2. The first kappa shape index (κ1) is 13.3. The maximum Gasteiger partial charge on any atom is 0.417 e. The first-order valence-electron chi connectivity index (χ1n) is 4.85. The Labute approximate surface area is 95.8 Å². The summed E-state index contributed by atoms with van der Waals surface area (Å²) in [4.78, 5) is 11.1. The fraction of sp³-hybridized carbons (Fsp3) is 0.364. The summed E-state index contributed by atoms with van der Waals surface area (Å²) < 4.78 is 43.0. The Morgan fingerprint density at radius 2 is 2.00 bits per heavy atom. The van der Waals surface area contributed by atoms with E-state index >= 15 is 0 Å². The monoisotopic (exact) mass is 248 g/mol. The zero-order valence-electron chi connectivity index (χ0n) is 9.26. The lowest BCUT2D eigenvalue weighted by Crippen LogP contribution is -2.12. The molecule has 0 bridgehead atoms. The van der Waals surface area contributed by atoms with Gasteiger partial charge in [-0.3, -0.25) is 4.79 Å². The summed E-state index contributed by atoms with van der Waals surface area (Å²) >= 11 is 0. The average molecular weight is 248 g/mol. The number of phenols is 1. The second-order valence-electron chi connectivity index (χ2n) is 3.35. The van der Waals surface area contributed by atoms with Crippen LogP contribution in [0.25, 0.3) is 0 Å². The van der Waals surface area contributed by atoms with Crippen LogP contribution in [0, 0.1) is 0 Å². The van der Waals surface area contributed by atoms with Crippen molar-refractivity contribution < 1.29 is 27.8 Å². The third-order valence-corrected chi connectivity index (χ3v) is 2.06. The van der Waals surface area contributed by atoms with Crippen LogP contribution in [0.2, 0.25) is 0 Å². The number of ketones is 1. The van der Waals surface area contributed by atoms with Gasteiger partial charge in [-0.1, -0.05) is 0 Å². The topological polar surface area (TPSA) is 46.5 Å². The minimum Gasteiger partial charge on any atom is -0.507 e. The summed E-state index contributed by atoms with van der Waals surface area (Å²) in [5.74, 6) is -1.70. The Morgan fingerprint density at radius 1 is 1.41 bits per heavy atom. The molecule has 6 heteroatoms. The van der Waals surface area contributed by atoms with Crippen LogP contribution in [0.3, 0.4) is 0 Å². The van der Waals surface area contributed by atoms with Crippen LogP contribution < -0.4 is 4.74 Å². The second kappa shape index (κ2) is 4.65. The Hall–Kier alpha value is -1.72. The molecular formula is C11H11F3O3. The summed E-state index contributed by atoms with van der Waals surface area (Å²) in [6.07, 6.45) is -4.72. The SMILES string of the molecule is CCOc1cc(O)c(C(C)=O)c(C(F)(F)F)c1. The van der Waals surface area contributed by atoms with Crippen molar-refractivity contribution >= 4 is 5.78 Å². The Kier molecular flexibility index (Phi) is 3.65. The van der Waals surface area contributed by atoms with Crippen molar-refractivity contribution in [3.05, 3.63) is 23.3 Å². The molecule has 1 aromatic carbocycles. The molecular weight excluding hydrogens is 237 g/mol. The van der Waals surface area contributed by atoms with Crippen molar-refractivity contribution in [3.63, 3.8) is 0 Å². The third-order valence-electron chi connectivity index (χ3n) is 2.06. The van der Waals surface area contributed by atoms with E-state index < -0.39 is 28.8 Å². The molecule has 0 fully saturated rings. The number of hydrogen-bond donors (Lipinski definition) is 1. The number of benzene rings is 1. The number of rotatable bonds is 3. The molecule has 0 unspecified atom stereocenters. The van der Waals surface area contributed by atoms with Gasteiger partial charge in [-0.25, -0.2) is 0 Å². The molecule has 1 rings (SSSR count). The zero-order valence-corrected chi connectivity index (χ0v) is 9.26. The molecule has 0 saturated carbocycles. The van der Waals surface area contributed by atoms with Crippen LogP contribution in [-0.4, -0.2) is 17.5 Å². The number of aromatic hydroxyl groups is 1. The number of carbonyl (C=O) groups excluding carboxylic acids is 1. The molecule has 0 spiro atoms. The molecule has 0 aliphatic heterocycles. The van der Waals surface area contributed by atoms with Crippen molar-refractivity contribution in [1.82, 2.24) is 0 Å². The highest BCUT2D eigenvalue weighted by atomic mass is 19.4.